The highest BCUT2D eigenvalue weighted by atomic mass is 16.4. The molecule has 2 aliphatic rings. The second-order valence-electron chi connectivity index (χ2n) is 5.77. The number of carbonyl (C=O) groups excluding carboxylic acids is 1. The number of nitrogens with one attached hydrogen (secondary N) is 2. The number of rotatable bonds is 7. The van der Waals surface area contributed by atoms with Crippen molar-refractivity contribution in [2.75, 3.05) is 13.1 Å². The standard InChI is InChI=1S/C13H22N2O3/c1-9(11(16)17)4-7-14-12(18)15-8-13(5-6-13)10-2-3-10/h9-10H,2-8H2,1H3,(H,16,17)(H2,14,15,18). The van der Waals surface area contributed by atoms with Crippen molar-refractivity contribution in [2.45, 2.75) is 39.0 Å². The van der Waals surface area contributed by atoms with Crippen LogP contribution in [0.15, 0.2) is 0 Å². The van der Waals surface area contributed by atoms with E-state index in [0.29, 0.717) is 18.4 Å². The van der Waals surface area contributed by atoms with E-state index in [1.54, 1.807) is 6.92 Å². The Morgan fingerprint density at radius 3 is 2.50 bits per heavy atom. The molecule has 2 amide bonds. The Balaban J connectivity index is 1.56. The van der Waals surface area contributed by atoms with Gasteiger partial charge in [-0.15, -0.1) is 0 Å². The van der Waals surface area contributed by atoms with Gasteiger partial charge in [0.2, 0.25) is 0 Å². The molecule has 18 heavy (non-hydrogen) atoms. The summed E-state index contributed by atoms with van der Waals surface area (Å²) in [6, 6.07) is -0.167. The third kappa shape index (κ3) is 3.37. The summed E-state index contributed by atoms with van der Waals surface area (Å²) in [6.07, 6.45) is 5.59. The van der Waals surface area contributed by atoms with Crippen LogP contribution < -0.4 is 10.6 Å². The Morgan fingerprint density at radius 2 is 2.00 bits per heavy atom. The fraction of sp³-hybridized carbons (Fsp3) is 0.846. The zero-order chi connectivity index (χ0) is 13.2. The highest BCUT2D eigenvalue weighted by Gasteiger charge is 2.53. The van der Waals surface area contributed by atoms with Gasteiger partial charge >= 0.3 is 12.0 Å². The molecule has 2 rings (SSSR count). The summed E-state index contributed by atoms with van der Waals surface area (Å²) in [6.45, 7) is 2.84. The van der Waals surface area contributed by atoms with Gasteiger partial charge in [-0.05, 0) is 43.4 Å². The largest absolute Gasteiger partial charge is 0.481 e. The lowest BCUT2D eigenvalue weighted by Gasteiger charge is -2.15. The van der Waals surface area contributed by atoms with Gasteiger partial charge in [0.25, 0.3) is 0 Å². The van der Waals surface area contributed by atoms with E-state index in [9.17, 15) is 9.59 Å². The van der Waals surface area contributed by atoms with Gasteiger partial charge in [0.1, 0.15) is 0 Å². The van der Waals surface area contributed by atoms with Crippen LogP contribution >= 0.6 is 0 Å². The minimum Gasteiger partial charge on any atom is -0.481 e. The van der Waals surface area contributed by atoms with E-state index < -0.39 is 11.9 Å². The van der Waals surface area contributed by atoms with E-state index in [1.807, 2.05) is 0 Å². The molecule has 0 saturated heterocycles. The summed E-state index contributed by atoms with van der Waals surface area (Å²) in [4.78, 5) is 22.1. The van der Waals surface area contributed by atoms with Crippen LogP contribution in [0.5, 0.6) is 0 Å². The lowest BCUT2D eigenvalue weighted by Crippen LogP contribution is -2.40. The number of hydrogen-bond acceptors (Lipinski definition) is 2. The first-order valence-electron chi connectivity index (χ1n) is 6.78. The lowest BCUT2D eigenvalue weighted by molar-refractivity contribution is -0.141. The van der Waals surface area contributed by atoms with Crippen molar-refractivity contribution in [1.29, 1.82) is 0 Å². The minimum atomic E-state index is -0.817. The molecule has 1 atom stereocenters. The van der Waals surface area contributed by atoms with Crippen LogP contribution in [-0.4, -0.2) is 30.2 Å². The van der Waals surface area contributed by atoms with Crippen LogP contribution in [0.4, 0.5) is 4.79 Å². The zero-order valence-corrected chi connectivity index (χ0v) is 10.9. The van der Waals surface area contributed by atoms with Crippen LogP contribution in [0.3, 0.4) is 0 Å². The maximum atomic E-state index is 11.5. The molecule has 5 heteroatoms. The Morgan fingerprint density at radius 1 is 1.33 bits per heavy atom. The number of urea groups is 1. The summed E-state index contributed by atoms with van der Waals surface area (Å²) in [5.74, 6) is -0.390. The van der Waals surface area contributed by atoms with Gasteiger partial charge < -0.3 is 15.7 Å². The van der Waals surface area contributed by atoms with E-state index in [1.165, 1.54) is 25.7 Å². The fourth-order valence-corrected chi connectivity index (χ4v) is 2.43. The number of amides is 2. The smallest absolute Gasteiger partial charge is 0.314 e. The molecule has 102 valence electrons. The first-order valence-corrected chi connectivity index (χ1v) is 6.78. The van der Waals surface area contributed by atoms with E-state index in [2.05, 4.69) is 10.6 Å². The number of carboxylic acid groups (broad SMARTS) is 1. The monoisotopic (exact) mass is 254 g/mol. The van der Waals surface area contributed by atoms with Crippen molar-refractivity contribution in [3.8, 4) is 0 Å². The highest BCUT2D eigenvalue weighted by Crippen LogP contribution is 2.60. The average Bonchev–Trinajstić information content (AvgIpc) is 3.16. The molecular weight excluding hydrogens is 232 g/mol. The van der Waals surface area contributed by atoms with Crippen LogP contribution in [-0.2, 0) is 4.79 Å². The van der Waals surface area contributed by atoms with Gasteiger partial charge in [0.15, 0.2) is 0 Å². The Labute approximate surface area is 107 Å². The predicted octanol–water partition coefficient (Wildman–Crippen LogP) is 1.59. The maximum Gasteiger partial charge on any atom is 0.314 e. The maximum absolute atomic E-state index is 11.5. The molecule has 0 aliphatic heterocycles. The summed E-state index contributed by atoms with van der Waals surface area (Å²) < 4.78 is 0. The highest BCUT2D eigenvalue weighted by molar-refractivity contribution is 5.74. The van der Waals surface area contributed by atoms with Crippen LogP contribution in [0.2, 0.25) is 0 Å². The normalized spacial score (nSPS) is 22.1. The number of carbonyl (C=O) groups is 2. The van der Waals surface area contributed by atoms with Gasteiger partial charge in [-0.1, -0.05) is 6.92 Å². The van der Waals surface area contributed by atoms with Gasteiger partial charge in [-0.2, -0.15) is 0 Å². The van der Waals surface area contributed by atoms with Crippen molar-refractivity contribution in [3.05, 3.63) is 0 Å². The average molecular weight is 254 g/mol. The van der Waals surface area contributed by atoms with Crippen molar-refractivity contribution >= 4 is 12.0 Å². The fourth-order valence-electron chi connectivity index (χ4n) is 2.43. The van der Waals surface area contributed by atoms with E-state index >= 15 is 0 Å². The number of hydrogen-bond donors (Lipinski definition) is 3. The van der Waals surface area contributed by atoms with Crippen molar-refractivity contribution in [2.24, 2.45) is 17.3 Å². The van der Waals surface area contributed by atoms with Gasteiger partial charge in [0, 0.05) is 13.1 Å². The second-order valence-corrected chi connectivity index (χ2v) is 5.77. The third-order valence-electron chi connectivity index (χ3n) is 4.22. The van der Waals surface area contributed by atoms with Crippen LogP contribution in [0.1, 0.15) is 39.0 Å². The molecule has 0 aromatic heterocycles. The molecule has 2 fully saturated rings. The SMILES string of the molecule is CC(CCNC(=O)NCC1(C2CC2)CC1)C(=O)O. The van der Waals surface area contributed by atoms with Crippen molar-refractivity contribution in [3.63, 3.8) is 0 Å². The molecule has 3 N–H and O–H groups in total. The molecule has 0 heterocycles. The minimum absolute atomic E-state index is 0.167. The van der Waals surface area contributed by atoms with E-state index in [0.717, 1.165) is 12.5 Å². The van der Waals surface area contributed by atoms with Crippen LogP contribution in [0, 0.1) is 17.3 Å². The first kappa shape index (κ1) is 13.2. The lowest BCUT2D eigenvalue weighted by atomic mass is 10.0. The molecule has 0 spiro atoms. The zero-order valence-electron chi connectivity index (χ0n) is 10.9. The van der Waals surface area contributed by atoms with Crippen molar-refractivity contribution in [1.82, 2.24) is 10.6 Å². The van der Waals surface area contributed by atoms with Gasteiger partial charge in [-0.25, -0.2) is 4.79 Å². The molecule has 0 radical (unpaired) electrons. The summed E-state index contributed by atoms with van der Waals surface area (Å²) in [5.41, 5.74) is 0.408. The number of aliphatic carboxylic acids is 1. The summed E-state index contributed by atoms with van der Waals surface area (Å²) in [7, 11) is 0. The topological polar surface area (TPSA) is 78.4 Å². The predicted molar refractivity (Wildman–Crippen MR) is 67.2 cm³/mol. The second kappa shape index (κ2) is 5.16. The molecule has 0 aromatic rings. The summed E-state index contributed by atoms with van der Waals surface area (Å²) in [5, 5.41) is 14.3. The first-order chi connectivity index (χ1) is 8.53. The van der Waals surface area contributed by atoms with Crippen LogP contribution in [0.25, 0.3) is 0 Å². The molecule has 0 aromatic carbocycles. The Hall–Kier alpha value is -1.26. The van der Waals surface area contributed by atoms with E-state index in [-0.39, 0.29) is 6.03 Å². The van der Waals surface area contributed by atoms with E-state index in [4.69, 9.17) is 5.11 Å². The molecular formula is C13H22N2O3. The summed E-state index contributed by atoms with van der Waals surface area (Å²) >= 11 is 0. The van der Waals surface area contributed by atoms with Gasteiger partial charge in [-0.3, -0.25) is 4.79 Å². The van der Waals surface area contributed by atoms with Crippen molar-refractivity contribution < 1.29 is 14.7 Å². The molecule has 0 bridgehead atoms. The Kier molecular flexibility index (Phi) is 3.78. The third-order valence-corrected chi connectivity index (χ3v) is 4.22. The Bertz CT molecular complexity index is 335. The molecule has 5 nitrogen and oxygen atoms in total. The molecule has 2 aliphatic carbocycles. The number of carboxylic acids is 1. The molecule has 1 unspecified atom stereocenters. The quantitative estimate of drug-likeness (QED) is 0.645. The molecule has 2 saturated carbocycles. The van der Waals surface area contributed by atoms with Gasteiger partial charge in [0.05, 0.1) is 5.92 Å².